The van der Waals surface area contributed by atoms with Crippen molar-refractivity contribution in [1.29, 1.82) is 0 Å². The zero-order valence-corrected chi connectivity index (χ0v) is 8.16. The standard InChI is InChI=1S/C10H14N2O/c1-10(2,3)8-7(9(11)13)5-4-6-12-8/h4-6H,1-3H3,(H2,11,13). The molecule has 0 aliphatic carbocycles. The first kappa shape index (κ1) is 9.71. The van der Waals surface area contributed by atoms with Gasteiger partial charge in [0.1, 0.15) is 0 Å². The Bertz CT molecular complexity index is 326. The van der Waals surface area contributed by atoms with Gasteiger partial charge in [0.25, 0.3) is 5.91 Å². The van der Waals surface area contributed by atoms with Crippen LogP contribution in [0.1, 0.15) is 36.8 Å². The minimum Gasteiger partial charge on any atom is -0.366 e. The maximum atomic E-state index is 11.1. The molecule has 3 nitrogen and oxygen atoms in total. The van der Waals surface area contributed by atoms with Crippen LogP contribution in [-0.2, 0) is 5.41 Å². The van der Waals surface area contributed by atoms with Crippen molar-refractivity contribution in [2.75, 3.05) is 0 Å². The lowest BCUT2D eigenvalue weighted by Crippen LogP contribution is -2.22. The second-order valence-corrected chi connectivity index (χ2v) is 4.01. The maximum Gasteiger partial charge on any atom is 0.250 e. The first-order chi connectivity index (χ1) is 5.93. The number of pyridine rings is 1. The van der Waals surface area contributed by atoms with Crippen LogP contribution in [0.25, 0.3) is 0 Å². The summed E-state index contributed by atoms with van der Waals surface area (Å²) >= 11 is 0. The predicted octanol–water partition coefficient (Wildman–Crippen LogP) is 1.48. The monoisotopic (exact) mass is 178 g/mol. The normalized spacial score (nSPS) is 11.3. The predicted molar refractivity (Wildman–Crippen MR) is 51.5 cm³/mol. The molecule has 1 aromatic rings. The number of hydrogen-bond acceptors (Lipinski definition) is 2. The van der Waals surface area contributed by atoms with Gasteiger partial charge in [-0.15, -0.1) is 0 Å². The van der Waals surface area contributed by atoms with E-state index in [-0.39, 0.29) is 5.41 Å². The Morgan fingerprint density at radius 3 is 2.46 bits per heavy atom. The molecule has 1 rings (SSSR count). The Kier molecular flexibility index (Phi) is 2.36. The van der Waals surface area contributed by atoms with Gasteiger partial charge in [-0.2, -0.15) is 0 Å². The summed E-state index contributed by atoms with van der Waals surface area (Å²) in [5, 5.41) is 0. The average molecular weight is 178 g/mol. The van der Waals surface area contributed by atoms with Crippen molar-refractivity contribution in [3.63, 3.8) is 0 Å². The molecule has 0 atom stereocenters. The highest BCUT2D eigenvalue weighted by Gasteiger charge is 2.21. The Balaban J connectivity index is 3.28. The van der Waals surface area contributed by atoms with Gasteiger partial charge < -0.3 is 5.73 Å². The van der Waals surface area contributed by atoms with E-state index in [4.69, 9.17) is 5.73 Å². The van der Waals surface area contributed by atoms with Crippen LogP contribution < -0.4 is 5.73 Å². The van der Waals surface area contributed by atoms with Crippen molar-refractivity contribution in [1.82, 2.24) is 4.98 Å². The number of nitrogens with zero attached hydrogens (tertiary/aromatic N) is 1. The van der Waals surface area contributed by atoms with Gasteiger partial charge in [0.05, 0.1) is 11.3 Å². The summed E-state index contributed by atoms with van der Waals surface area (Å²) in [6.45, 7) is 6.01. The molecule has 2 N–H and O–H groups in total. The summed E-state index contributed by atoms with van der Waals surface area (Å²) in [5.74, 6) is -0.418. The van der Waals surface area contributed by atoms with Gasteiger partial charge in [0, 0.05) is 11.6 Å². The molecule has 1 heterocycles. The molecular formula is C10H14N2O. The fourth-order valence-electron chi connectivity index (χ4n) is 1.20. The Morgan fingerprint density at radius 2 is 2.08 bits per heavy atom. The summed E-state index contributed by atoms with van der Waals surface area (Å²) < 4.78 is 0. The molecule has 0 radical (unpaired) electrons. The largest absolute Gasteiger partial charge is 0.366 e. The first-order valence-electron chi connectivity index (χ1n) is 4.18. The molecule has 13 heavy (non-hydrogen) atoms. The second-order valence-electron chi connectivity index (χ2n) is 4.01. The van der Waals surface area contributed by atoms with Crippen LogP contribution in [0.2, 0.25) is 0 Å². The van der Waals surface area contributed by atoms with E-state index >= 15 is 0 Å². The van der Waals surface area contributed by atoms with E-state index in [1.54, 1.807) is 18.3 Å². The van der Waals surface area contributed by atoms with Gasteiger partial charge in [-0.25, -0.2) is 0 Å². The molecule has 1 amide bonds. The number of carbonyl (C=O) groups is 1. The lowest BCUT2D eigenvalue weighted by atomic mass is 9.88. The molecule has 1 aromatic heterocycles. The van der Waals surface area contributed by atoms with E-state index in [9.17, 15) is 4.79 Å². The van der Waals surface area contributed by atoms with E-state index < -0.39 is 5.91 Å². The molecule has 0 aliphatic heterocycles. The van der Waals surface area contributed by atoms with Gasteiger partial charge in [-0.3, -0.25) is 9.78 Å². The van der Waals surface area contributed by atoms with E-state index in [0.29, 0.717) is 5.56 Å². The first-order valence-corrected chi connectivity index (χ1v) is 4.18. The lowest BCUT2D eigenvalue weighted by Gasteiger charge is -2.19. The van der Waals surface area contributed by atoms with Crippen molar-refractivity contribution < 1.29 is 4.79 Å². The van der Waals surface area contributed by atoms with Gasteiger partial charge in [0.2, 0.25) is 0 Å². The maximum absolute atomic E-state index is 11.1. The molecule has 0 saturated carbocycles. The average Bonchev–Trinajstić information content (AvgIpc) is 2.03. The smallest absolute Gasteiger partial charge is 0.250 e. The van der Waals surface area contributed by atoms with Gasteiger partial charge in [-0.05, 0) is 12.1 Å². The van der Waals surface area contributed by atoms with Crippen LogP contribution in [0, 0.1) is 0 Å². The SMILES string of the molecule is CC(C)(C)c1ncccc1C(N)=O. The van der Waals surface area contributed by atoms with Gasteiger partial charge in [-0.1, -0.05) is 20.8 Å². The summed E-state index contributed by atoms with van der Waals surface area (Å²) in [6, 6.07) is 3.42. The van der Waals surface area contributed by atoms with Crippen LogP contribution >= 0.6 is 0 Å². The van der Waals surface area contributed by atoms with E-state index in [1.165, 1.54) is 0 Å². The lowest BCUT2D eigenvalue weighted by molar-refractivity contribution is 0.0997. The highest BCUT2D eigenvalue weighted by Crippen LogP contribution is 2.22. The molecule has 0 bridgehead atoms. The number of rotatable bonds is 1. The Hall–Kier alpha value is -1.38. The fraction of sp³-hybridized carbons (Fsp3) is 0.400. The molecular weight excluding hydrogens is 164 g/mol. The number of hydrogen-bond donors (Lipinski definition) is 1. The number of aromatic nitrogens is 1. The topological polar surface area (TPSA) is 56.0 Å². The molecule has 0 aliphatic rings. The van der Waals surface area contributed by atoms with Crippen LogP contribution in [0.5, 0.6) is 0 Å². The van der Waals surface area contributed by atoms with Crippen LogP contribution in [0.4, 0.5) is 0 Å². The van der Waals surface area contributed by atoms with Crippen LogP contribution in [0.15, 0.2) is 18.3 Å². The third-order valence-corrected chi connectivity index (χ3v) is 1.78. The molecule has 0 fully saturated rings. The zero-order valence-electron chi connectivity index (χ0n) is 8.16. The minimum absolute atomic E-state index is 0.147. The van der Waals surface area contributed by atoms with Crippen LogP contribution in [0.3, 0.4) is 0 Å². The molecule has 0 unspecified atom stereocenters. The van der Waals surface area contributed by atoms with E-state index in [1.807, 2.05) is 20.8 Å². The summed E-state index contributed by atoms with van der Waals surface area (Å²) in [6.07, 6.45) is 1.67. The molecule has 70 valence electrons. The van der Waals surface area contributed by atoms with Crippen molar-refractivity contribution >= 4 is 5.91 Å². The molecule has 3 heteroatoms. The van der Waals surface area contributed by atoms with Crippen molar-refractivity contribution in [2.45, 2.75) is 26.2 Å². The van der Waals surface area contributed by atoms with E-state index in [0.717, 1.165) is 5.69 Å². The van der Waals surface area contributed by atoms with Crippen molar-refractivity contribution in [3.8, 4) is 0 Å². The minimum atomic E-state index is -0.418. The number of primary amides is 1. The third kappa shape index (κ3) is 2.05. The summed E-state index contributed by atoms with van der Waals surface area (Å²) in [4.78, 5) is 15.2. The summed E-state index contributed by atoms with van der Waals surface area (Å²) in [7, 11) is 0. The van der Waals surface area contributed by atoms with Gasteiger partial charge in [0.15, 0.2) is 0 Å². The number of amides is 1. The molecule has 0 aromatic carbocycles. The quantitative estimate of drug-likeness (QED) is 0.708. The van der Waals surface area contributed by atoms with Crippen molar-refractivity contribution in [3.05, 3.63) is 29.6 Å². The number of nitrogens with two attached hydrogens (primary N) is 1. The molecule has 0 spiro atoms. The number of carbonyl (C=O) groups excluding carboxylic acids is 1. The highest BCUT2D eigenvalue weighted by atomic mass is 16.1. The Labute approximate surface area is 78.0 Å². The Morgan fingerprint density at radius 1 is 1.46 bits per heavy atom. The highest BCUT2D eigenvalue weighted by molar-refractivity contribution is 5.94. The zero-order chi connectivity index (χ0) is 10.1. The third-order valence-electron chi connectivity index (χ3n) is 1.78. The van der Waals surface area contributed by atoms with E-state index in [2.05, 4.69) is 4.98 Å². The second kappa shape index (κ2) is 3.17. The fourth-order valence-corrected chi connectivity index (χ4v) is 1.20. The van der Waals surface area contributed by atoms with Gasteiger partial charge >= 0.3 is 0 Å². The van der Waals surface area contributed by atoms with Crippen LogP contribution in [-0.4, -0.2) is 10.9 Å². The summed E-state index contributed by atoms with van der Waals surface area (Å²) in [5.41, 5.74) is 6.35. The van der Waals surface area contributed by atoms with Crippen molar-refractivity contribution in [2.24, 2.45) is 5.73 Å². The molecule has 0 saturated heterocycles.